The first kappa shape index (κ1) is 13.9. The van der Waals surface area contributed by atoms with Crippen LogP contribution in [0.5, 0.6) is 0 Å². The molecule has 1 unspecified atom stereocenters. The van der Waals surface area contributed by atoms with E-state index in [1.807, 2.05) is 0 Å². The predicted molar refractivity (Wildman–Crippen MR) is 68.2 cm³/mol. The molecule has 1 atom stereocenters. The summed E-state index contributed by atoms with van der Waals surface area (Å²) < 4.78 is 18.8. The topological polar surface area (TPSA) is 38.5 Å². The molecule has 3 nitrogen and oxygen atoms in total. The first-order valence-electron chi connectivity index (χ1n) is 5.85. The van der Waals surface area contributed by atoms with E-state index in [0.29, 0.717) is 24.4 Å². The van der Waals surface area contributed by atoms with Crippen LogP contribution in [-0.4, -0.2) is 31.2 Å². The predicted octanol–water partition coefficient (Wildman–Crippen LogP) is 2.26. The van der Waals surface area contributed by atoms with Crippen molar-refractivity contribution in [2.45, 2.75) is 26.4 Å². The number of ether oxygens (including phenoxy) is 1. The smallest absolute Gasteiger partial charge is 0.129 e. The van der Waals surface area contributed by atoms with Gasteiger partial charge in [-0.2, -0.15) is 0 Å². The fourth-order valence-electron chi connectivity index (χ4n) is 1.84. The van der Waals surface area contributed by atoms with Crippen LogP contribution in [0.3, 0.4) is 0 Å². The van der Waals surface area contributed by atoms with Gasteiger partial charge in [0.25, 0.3) is 0 Å². The van der Waals surface area contributed by atoms with Crippen molar-refractivity contribution in [3.8, 4) is 0 Å². The average Bonchev–Trinajstić information content (AvgIpc) is 2.28. The van der Waals surface area contributed by atoms with Gasteiger partial charge in [0.15, 0.2) is 0 Å². The van der Waals surface area contributed by atoms with Gasteiger partial charge < -0.3 is 10.5 Å². The third kappa shape index (κ3) is 3.98. The van der Waals surface area contributed by atoms with Crippen LogP contribution in [0.4, 0.5) is 10.1 Å². The summed E-state index contributed by atoms with van der Waals surface area (Å²) in [4.78, 5) is 2.16. The molecule has 2 N–H and O–H groups in total. The first-order chi connectivity index (χ1) is 8.08. The zero-order valence-corrected chi connectivity index (χ0v) is 10.7. The van der Waals surface area contributed by atoms with Gasteiger partial charge in [-0.3, -0.25) is 4.90 Å². The molecule has 0 aliphatic carbocycles. The standard InChI is InChI=1S/C13H21FN2O/c1-4-16(10(2)9-17-3)8-11-5-6-12(15)7-13(11)14/h5-7,10H,4,8-9,15H2,1-3H3. The van der Waals surface area contributed by atoms with Crippen LogP contribution >= 0.6 is 0 Å². The summed E-state index contributed by atoms with van der Waals surface area (Å²) in [6.45, 7) is 6.20. The lowest BCUT2D eigenvalue weighted by Crippen LogP contribution is -2.35. The highest BCUT2D eigenvalue weighted by molar-refractivity contribution is 5.40. The molecule has 0 spiro atoms. The second-order valence-corrected chi connectivity index (χ2v) is 4.22. The molecule has 1 rings (SSSR count). The molecule has 1 aromatic carbocycles. The minimum atomic E-state index is -0.243. The molecule has 0 saturated heterocycles. The van der Waals surface area contributed by atoms with Gasteiger partial charge in [0, 0.05) is 30.9 Å². The Balaban J connectivity index is 2.73. The number of nitrogen functional groups attached to an aromatic ring is 1. The molecule has 1 aromatic rings. The summed E-state index contributed by atoms with van der Waals surface area (Å²) in [5, 5.41) is 0. The third-order valence-corrected chi connectivity index (χ3v) is 2.89. The van der Waals surface area contributed by atoms with Crippen molar-refractivity contribution in [3.05, 3.63) is 29.6 Å². The van der Waals surface area contributed by atoms with Crippen molar-refractivity contribution in [2.24, 2.45) is 0 Å². The van der Waals surface area contributed by atoms with Gasteiger partial charge in [-0.15, -0.1) is 0 Å². The SMILES string of the molecule is CCN(Cc1ccc(N)cc1F)C(C)COC. The number of hydrogen-bond donors (Lipinski definition) is 1. The van der Waals surface area contributed by atoms with Crippen LogP contribution in [-0.2, 0) is 11.3 Å². The fraction of sp³-hybridized carbons (Fsp3) is 0.538. The Morgan fingerprint density at radius 2 is 2.18 bits per heavy atom. The summed E-state index contributed by atoms with van der Waals surface area (Å²) in [7, 11) is 1.67. The molecular weight excluding hydrogens is 219 g/mol. The Morgan fingerprint density at radius 1 is 1.47 bits per heavy atom. The maximum absolute atomic E-state index is 13.7. The molecular formula is C13H21FN2O. The van der Waals surface area contributed by atoms with Gasteiger partial charge in [-0.25, -0.2) is 4.39 Å². The maximum Gasteiger partial charge on any atom is 0.129 e. The summed E-state index contributed by atoms with van der Waals surface area (Å²) in [5.74, 6) is -0.243. The van der Waals surface area contributed by atoms with E-state index in [-0.39, 0.29) is 11.9 Å². The average molecular weight is 240 g/mol. The van der Waals surface area contributed by atoms with E-state index in [1.54, 1.807) is 19.2 Å². The first-order valence-corrected chi connectivity index (χ1v) is 5.85. The highest BCUT2D eigenvalue weighted by atomic mass is 19.1. The van der Waals surface area contributed by atoms with Crippen LogP contribution in [0, 0.1) is 5.82 Å². The molecule has 0 saturated carbocycles. The van der Waals surface area contributed by atoms with Gasteiger partial charge in [0.05, 0.1) is 6.61 Å². The van der Waals surface area contributed by atoms with Crippen LogP contribution in [0.2, 0.25) is 0 Å². The monoisotopic (exact) mass is 240 g/mol. The quantitative estimate of drug-likeness (QED) is 0.775. The van der Waals surface area contributed by atoms with E-state index in [0.717, 1.165) is 6.54 Å². The zero-order chi connectivity index (χ0) is 12.8. The summed E-state index contributed by atoms with van der Waals surface area (Å²) in [6.07, 6.45) is 0. The van der Waals surface area contributed by atoms with Crippen LogP contribution < -0.4 is 5.73 Å². The number of benzene rings is 1. The van der Waals surface area contributed by atoms with Crippen LogP contribution in [0.1, 0.15) is 19.4 Å². The maximum atomic E-state index is 13.7. The summed E-state index contributed by atoms with van der Waals surface area (Å²) >= 11 is 0. The van der Waals surface area contributed by atoms with Crippen molar-refractivity contribution < 1.29 is 9.13 Å². The minimum Gasteiger partial charge on any atom is -0.399 e. The molecule has 0 amide bonds. The highest BCUT2D eigenvalue weighted by Gasteiger charge is 2.14. The molecule has 0 radical (unpaired) electrons. The van der Waals surface area contributed by atoms with Gasteiger partial charge >= 0.3 is 0 Å². The van der Waals surface area contributed by atoms with Crippen molar-refractivity contribution >= 4 is 5.69 Å². The minimum absolute atomic E-state index is 0.243. The molecule has 0 fully saturated rings. The van der Waals surface area contributed by atoms with Gasteiger partial charge in [0.2, 0.25) is 0 Å². The van der Waals surface area contributed by atoms with E-state index >= 15 is 0 Å². The number of nitrogens with two attached hydrogens (primary N) is 1. The molecule has 0 aliphatic heterocycles. The van der Waals surface area contributed by atoms with Crippen LogP contribution in [0.15, 0.2) is 18.2 Å². The second kappa shape index (κ2) is 6.57. The Kier molecular flexibility index (Phi) is 5.38. The van der Waals surface area contributed by atoms with Crippen molar-refractivity contribution in [1.29, 1.82) is 0 Å². The van der Waals surface area contributed by atoms with E-state index in [4.69, 9.17) is 10.5 Å². The van der Waals surface area contributed by atoms with E-state index in [2.05, 4.69) is 18.7 Å². The lowest BCUT2D eigenvalue weighted by atomic mass is 10.1. The van der Waals surface area contributed by atoms with Crippen molar-refractivity contribution in [2.75, 3.05) is 26.0 Å². The number of anilines is 1. The van der Waals surface area contributed by atoms with Gasteiger partial charge in [0.1, 0.15) is 5.82 Å². The number of halogens is 1. The number of hydrogen-bond acceptors (Lipinski definition) is 3. The Hall–Kier alpha value is -1.13. The van der Waals surface area contributed by atoms with Gasteiger partial charge in [-0.1, -0.05) is 13.0 Å². The van der Waals surface area contributed by atoms with Gasteiger partial charge in [-0.05, 0) is 25.6 Å². The second-order valence-electron chi connectivity index (χ2n) is 4.22. The van der Waals surface area contributed by atoms with E-state index in [9.17, 15) is 4.39 Å². The number of likely N-dealkylation sites (N-methyl/N-ethyl adjacent to an activating group) is 1. The normalized spacial score (nSPS) is 13.0. The number of nitrogens with zero attached hydrogens (tertiary/aromatic N) is 1. The molecule has 0 heterocycles. The van der Waals surface area contributed by atoms with Crippen molar-refractivity contribution in [1.82, 2.24) is 4.90 Å². The summed E-state index contributed by atoms with van der Waals surface area (Å²) in [6, 6.07) is 5.10. The molecule has 4 heteroatoms. The number of methoxy groups -OCH3 is 1. The highest BCUT2D eigenvalue weighted by Crippen LogP contribution is 2.15. The number of rotatable bonds is 6. The molecule has 17 heavy (non-hydrogen) atoms. The zero-order valence-electron chi connectivity index (χ0n) is 10.7. The van der Waals surface area contributed by atoms with Crippen LogP contribution in [0.25, 0.3) is 0 Å². The fourth-order valence-corrected chi connectivity index (χ4v) is 1.84. The van der Waals surface area contributed by atoms with E-state index < -0.39 is 0 Å². The van der Waals surface area contributed by atoms with E-state index in [1.165, 1.54) is 6.07 Å². The summed E-state index contributed by atoms with van der Waals surface area (Å²) in [5.41, 5.74) is 6.65. The van der Waals surface area contributed by atoms with Crippen molar-refractivity contribution in [3.63, 3.8) is 0 Å². The third-order valence-electron chi connectivity index (χ3n) is 2.89. The molecule has 0 bridgehead atoms. The Morgan fingerprint density at radius 3 is 2.71 bits per heavy atom. The molecule has 96 valence electrons. The Bertz CT molecular complexity index is 357. The largest absolute Gasteiger partial charge is 0.399 e. The lowest BCUT2D eigenvalue weighted by Gasteiger charge is -2.27. The lowest BCUT2D eigenvalue weighted by molar-refractivity contribution is 0.0975. The Labute approximate surface area is 102 Å². The molecule has 0 aromatic heterocycles. The molecule has 0 aliphatic rings.